The fourth-order valence-electron chi connectivity index (χ4n) is 5.90. The lowest BCUT2D eigenvalue weighted by molar-refractivity contribution is -0.144. The van der Waals surface area contributed by atoms with Crippen LogP contribution in [0.2, 0.25) is 0 Å². The molecule has 0 heterocycles. The maximum Gasteiger partial charge on any atom is 0.338 e. The smallest absolute Gasteiger partial charge is 0.338 e. The Morgan fingerprint density at radius 1 is 1.20 bits per heavy atom. The highest BCUT2D eigenvalue weighted by molar-refractivity contribution is 5.89. The molecule has 0 aromatic heterocycles. The van der Waals surface area contributed by atoms with Crippen LogP contribution < -0.4 is 0 Å². The first kappa shape index (κ1) is 22.5. The molecule has 2 aliphatic rings. The Bertz CT molecular complexity index is 833. The largest absolute Gasteiger partial charge is 0.458 e. The number of rotatable bonds is 6. The predicted molar refractivity (Wildman–Crippen MR) is 121 cm³/mol. The highest BCUT2D eigenvalue weighted by atomic mass is 16.5. The second kappa shape index (κ2) is 8.91. The first-order valence-electron chi connectivity index (χ1n) is 11.2. The molecule has 3 nitrogen and oxygen atoms in total. The Morgan fingerprint density at radius 3 is 2.60 bits per heavy atom. The predicted octanol–water partition coefficient (Wildman–Crippen LogP) is 6.55. The van der Waals surface area contributed by atoms with Crippen molar-refractivity contribution in [2.45, 2.75) is 66.2 Å². The molecule has 0 saturated heterocycles. The number of hydrogen-bond acceptors (Lipinski definition) is 3. The lowest BCUT2D eigenvalue weighted by atomic mass is 9.47. The minimum atomic E-state index is -0.287. The van der Waals surface area contributed by atoms with Crippen molar-refractivity contribution < 1.29 is 14.3 Å². The first-order chi connectivity index (χ1) is 14.2. The molecule has 0 aliphatic heterocycles. The van der Waals surface area contributed by atoms with Crippen molar-refractivity contribution in [3.63, 3.8) is 0 Å². The Balaban J connectivity index is 1.59. The lowest BCUT2D eigenvalue weighted by Crippen LogP contribution is -2.53. The number of carbonyl (C=O) groups is 2. The fourth-order valence-corrected chi connectivity index (χ4v) is 5.90. The molecule has 3 rings (SSSR count). The molecule has 0 radical (unpaired) electrons. The summed E-state index contributed by atoms with van der Waals surface area (Å²) in [5.74, 6) is 1.01. The van der Waals surface area contributed by atoms with E-state index in [9.17, 15) is 9.59 Å². The third kappa shape index (κ3) is 4.45. The highest BCUT2D eigenvalue weighted by Gasteiger charge is 2.55. The maximum atomic E-state index is 12.6. The van der Waals surface area contributed by atoms with E-state index in [2.05, 4.69) is 34.3 Å². The van der Waals surface area contributed by atoms with Crippen LogP contribution in [0.15, 0.2) is 54.1 Å². The van der Waals surface area contributed by atoms with Crippen LogP contribution in [-0.4, -0.2) is 18.4 Å². The van der Waals surface area contributed by atoms with E-state index in [1.807, 2.05) is 24.3 Å². The van der Waals surface area contributed by atoms with E-state index < -0.39 is 0 Å². The normalized spacial score (nSPS) is 28.7. The molecule has 1 aromatic carbocycles. The summed E-state index contributed by atoms with van der Waals surface area (Å²) in [6.45, 7) is 13.5. The molecule has 0 N–H and O–H groups in total. The standard InChI is InChI=1S/C27H36O3/c1-19(16-18-30-25(29)21-9-7-6-8-10-21)11-13-22-20(2)12-14-23-26(3,4)24(28)15-17-27(22,23)5/h6-10,16,22-23H,2,11-15,17-18H2,1,3-5H3/b19-16+/t22-,23+,27-/m1/s1. The van der Waals surface area contributed by atoms with Gasteiger partial charge in [-0.2, -0.15) is 0 Å². The van der Waals surface area contributed by atoms with E-state index >= 15 is 0 Å². The zero-order valence-electron chi connectivity index (χ0n) is 19.0. The molecule has 3 atom stereocenters. The second-order valence-electron chi connectivity index (χ2n) is 10.0. The average Bonchev–Trinajstić information content (AvgIpc) is 2.71. The van der Waals surface area contributed by atoms with E-state index in [-0.39, 0.29) is 16.8 Å². The quantitative estimate of drug-likeness (QED) is 0.396. The van der Waals surface area contributed by atoms with E-state index in [0.29, 0.717) is 36.2 Å². The van der Waals surface area contributed by atoms with Gasteiger partial charge in [-0.25, -0.2) is 4.79 Å². The minimum absolute atomic E-state index is 0.146. The van der Waals surface area contributed by atoms with Crippen molar-refractivity contribution in [2.75, 3.05) is 6.61 Å². The number of allylic oxidation sites excluding steroid dienone is 2. The van der Waals surface area contributed by atoms with Crippen molar-refractivity contribution in [1.82, 2.24) is 0 Å². The van der Waals surface area contributed by atoms with E-state index in [4.69, 9.17) is 4.74 Å². The zero-order valence-corrected chi connectivity index (χ0v) is 19.0. The van der Waals surface area contributed by atoms with Crippen LogP contribution in [0, 0.1) is 22.7 Å². The van der Waals surface area contributed by atoms with Crippen molar-refractivity contribution in [3.05, 3.63) is 59.7 Å². The monoisotopic (exact) mass is 408 g/mol. The van der Waals surface area contributed by atoms with Gasteiger partial charge in [0.1, 0.15) is 12.4 Å². The molecular formula is C27H36O3. The van der Waals surface area contributed by atoms with E-state index in [0.717, 1.165) is 32.1 Å². The maximum absolute atomic E-state index is 12.6. The van der Waals surface area contributed by atoms with Crippen molar-refractivity contribution >= 4 is 11.8 Å². The first-order valence-corrected chi connectivity index (χ1v) is 11.2. The van der Waals surface area contributed by atoms with Gasteiger partial charge in [0, 0.05) is 11.8 Å². The average molecular weight is 409 g/mol. The third-order valence-corrected chi connectivity index (χ3v) is 7.80. The molecule has 1 aromatic rings. The number of Topliss-reactive ketones (excluding diaryl/α,β-unsaturated/α-hetero) is 1. The molecule has 0 spiro atoms. The van der Waals surface area contributed by atoms with Crippen LogP contribution in [0.1, 0.15) is 76.6 Å². The number of esters is 1. The summed E-state index contributed by atoms with van der Waals surface area (Å²) in [6, 6.07) is 9.09. The molecule has 0 amide bonds. The Labute approximate surface area is 181 Å². The number of hydrogen-bond donors (Lipinski definition) is 0. The molecule has 162 valence electrons. The van der Waals surface area contributed by atoms with Gasteiger partial charge in [-0.05, 0) is 74.5 Å². The summed E-state index contributed by atoms with van der Waals surface area (Å²) in [7, 11) is 0. The molecule has 3 heteroatoms. The van der Waals surface area contributed by atoms with Crippen LogP contribution >= 0.6 is 0 Å². The van der Waals surface area contributed by atoms with Crippen molar-refractivity contribution in [1.29, 1.82) is 0 Å². The summed E-state index contributed by atoms with van der Waals surface area (Å²) >= 11 is 0. The van der Waals surface area contributed by atoms with Gasteiger partial charge in [0.05, 0.1) is 5.56 Å². The van der Waals surface area contributed by atoms with Crippen molar-refractivity contribution in [2.24, 2.45) is 22.7 Å². The summed E-state index contributed by atoms with van der Waals surface area (Å²) < 4.78 is 5.39. The molecule has 2 aliphatic carbocycles. The van der Waals surface area contributed by atoms with Gasteiger partial charge < -0.3 is 4.74 Å². The summed E-state index contributed by atoms with van der Waals surface area (Å²) in [6.07, 6.45) is 7.79. The third-order valence-electron chi connectivity index (χ3n) is 7.80. The van der Waals surface area contributed by atoms with Gasteiger partial charge in [0.2, 0.25) is 0 Å². The number of fused-ring (bicyclic) bond motifs is 1. The molecular weight excluding hydrogens is 372 g/mol. The van der Waals surface area contributed by atoms with Crippen LogP contribution in [-0.2, 0) is 9.53 Å². The van der Waals surface area contributed by atoms with Crippen LogP contribution in [0.5, 0.6) is 0 Å². The van der Waals surface area contributed by atoms with E-state index in [1.165, 1.54) is 11.1 Å². The SMILES string of the molecule is C=C1CC[C@H]2C(C)(C)C(=O)CC[C@]2(C)[C@@H]1CC/C(C)=C/COC(=O)c1ccccc1. The van der Waals surface area contributed by atoms with Gasteiger partial charge in [0.25, 0.3) is 0 Å². The van der Waals surface area contributed by atoms with Crippen LogP contribution in [0.3, 0.4) is 0 Å². The topological polar surface area (TPSA) is 43.4 Å². The van der Waals surface area contributed by atoms with Gasteiger partial charge in [-0.1, -0.05) is 56.7 Å². The van der Waals surface area contributed by atoms with Gasteiger partial charge in [-0.15, -0.1) is 0 Å². The van der Waals surface area contributed by atoms with Crippen LogP contribution in [0.25, 0.3) is 0 Å². The molecule has 0 unspecified atom stereocenters. The fraction of sp³-hybridized carbons (Fsp3) is 0.556. The lowest BCUT2D eigenvalue weighted by Gasteiger charge is -2.57. The number of benzene rings is 1. The highest BCUT2D eigenvalue weighted by Crippen LogP contribution is 2.60. The Morgan fingerprint density at radius 2 is 1.90 bits per heavy atom. The zero-order chi connectivity index (χ0) is 21.9. The molecule has 0 bridgehead atoms. The summed E-state index contributed by atoms with van der Waals surface area (Å²) in [4.78, 5) is 24.6. The summed E-state index contributed by atoms with van der Waals surface area (Å²) in [5.41, 5.74) is 3.08. The second-order valence-corrected chi connectivity index (χ2v) is 10.0. The summed E-state index contributed by atoms with van der Waals surface area (Å²) in [5, 5.41) is 0. The molecule has 2 fully saturated rings. The number of carbonyl (C=O) groups excluding carboxylic acids is 2. The van der Waals surface area contributed by atoms with Crippen molar-refractivity contribution in [3.8, 4) is 0 Å². The number of ketones is 1. The van der Waals surface area contributed by atoms with Crippen LogP contribution in [0.4, 0.5) is 0 Å². The minimum Gasteiger partial charge on any atom is -0.458 e. The Hall–Kier alpha value is -2.16. The Kier molecular flexibility index (Phi) is 6.69. The molecule has 2 saturated carbocycles. The van der Waals surface area contributed by atoms with E-state index in [1.54, 1.807) is 12.1 Å². The molecule has 30 heavy (non-hydrogen) atoms. The van der Waals surface area contributed by atoms with Gasteiger partial charge >= 0.3 is 5.97 Å². The van der Waals surface area contributed by atoms with Gasteiger partial charge in [-0.3, -0.25) is 4.79 Å². The number of ether oxygens (including phenoxy) is 1. The van der Waals surface area contributed by atoms with Gasteiger partial charge in [0.15, 0.2) is 0 Å².